The molecule has 0 spiro atoms. The average molecular weight is 373 g/mol. The van der Waals surface area contributed by atoms with E-state index in [-0.39, 0.29) is 23.2 Å². The van der Waals surface area contributed by atoms with E-state index in [1.54, 1.807) is 42.7 Å². The second-order valence-electron chi connectivity index (χ2n) is 6.55. The fourth-order valence-corrected chi connectivity index (χ4v) is 3.14. The van der Waals surface area contributed by atoms with Gasteiger partial charge in [-0.1, -0.05) is 48.5 Å². The highest BCUT2D eigenvalue weighted by molar-refractivity contribution is 6.04. The molecule has 2 heterocycles. The number of carbonyl (C=O) groups is 1. The van der Waals surface area contributed by atoms with Gasteiger partial charge in [-0.2, -0.15) is 5.10 Å². The molecule has 0 radical (unpaired) electrons. The quantitative estimate of drug-likeness (QED) is 0.581. The summed E-state index contributed by atoms with van der Waals surface area (Å²) < 4.78 is 6.69. The molecule has 1 atom stereocenters. The lowest BCUT2D eigenvalue weighted by Gasteiger charge is -2.14. The summed E-state index contributed by atoms with van der Waals surface area (Å²) in [5, 5.41) is 8.27. The van der Waals surface area contributed by atoms with Crippen molar-refractivity contribution in [3.8, 4) is 0 Å². The van der Waals surface area contributed by atoms with Crippen LogP contribution >= 0.6 is 0 Å². The van der Waals surface area contributed by atoms with Gasteiger partial charge in [0.1, 0.15) is 5.76 Å². The first-order chi connectivity index (χ1) is 13.6. The van der Waals surface area contributed by atoms with Crippen LogP contribution in [-0.4, -0.2) is 15.7 Å². The van der Waals surface area contributed by atoms with E-state index in [1.165, 1.54) is 4.68 Å². The Balaban J connectivity index is 1.75. The third kappa shape index (κ3) is 3.44. The SMILES string of the molecule is C[C@H](NC(=O)c1nn(Cc2ccccc2)c(=O)c2ccccc12)c1ccco1. The number of furan rings is 1. The van der Waals surface area contributed by atoms with Crippen molar-refractivity contribution in [3.05, 3.63) is 100 Å². The van der Waals surface area contributed by atoms with E-state index in [0.717, 1.165) is 5.56 Å². The van der Waals surface area contributed by atoms with Crippen LogP contribution in [0, 0.1) is 0 Å². The minimum absolute atomic E-state index is 0.213. The van der Waals surface area contributed by atoms with Gasteiger partial charge in [-0.3, -0.25) is 9.59 Å². The van der Waals surface area contributed by atoms with Crippen LogP contribution in [0.3, 0.4) is 0 Å². The number of rotatable bonds is 5. The van der Waals surface area contributed by atoms with Crippen LogP contribution in [0.2, 0.25) is 0 Å². The van der Waals surface area contributed by atoms with E-state index in [4.69, 9.17) is 4.42 Å². The summed E-state index contributed by atoms with van der Waals surface area (Å²) in [6, 6.07) is 19.8. The summed E-state index contributed by atoms with van der Waals surface area (Å²) in [5.41, 5.74) is 0.919. The van der Waals surface area contributed by atoms with Gasteiger partial charge < -0.3 is 9.73 Å². The molecular weight excluding hydrogens is 354 g/mol. The molecule has 4 rings (SSSR count). The molecule has 0 aliphatic rings. The van der Waals surface area contributed by atoms with Crippen molar-refractivity contribution in [3.63, 3.8) is 0 Å². The first kappa shape index (κ1) is 17.7. The Morgan fingerprint density at radius 1 is 1.04 bits per heavy atom. The molecule has 140 valence electrons. The molecule has 0 bridgehead atoms. The minimum atomic E-state index is -0.359. The van der Waals surface area contributed by atoms with Crippen LogP contribution in [0.5, 0.6) is 0 Å². The van der Waals surface area contributed by atoms with Crippen molar-refractivity contribution in [1.29, 1.82) is 0 Å². The Kier molecular flexibility index (Phi) is 4.76. The first-order valence-corrected chi connectivity index (χ1v) is 9.01. The average Bonchev–Trinajstić information content (AvgIpc) is 3.26. The highest BCUT2D eigenvalue weighted by Gasteiger charge is 2.19. The number of hydrogen-bond acceptors (Lipinski definition) is 4. The van der Waals surface area contributed by atoms with Crippen LogP contribution < -0.4 is 10.9 Å². The Hall–Kier alpha value is -3.67. The van der Waals surface area contributed by atoms with Gasteiger partial charge in [0.05, 0.1) is 24.2 Å². The van der Waals surface area contributed by atoms with Gasteiger partial charge in [0.25, 0.3) is 11.5 Å². The van der Waals surface area contributed by atoms with Crippen LogP contribution in [0.1, 0.15) is 34.8 Å². The van der Waals surface area contributed by atoms with E-state index >= 15 is 0 Å². The maximum atomic E-state index is 12.9. The van der Waals surface area contributed by atoms with Crippen molar-refractivity contribution < 1.29 is 9.21 Å². The summed E-state index contributed by atoms with van der Waals surface area (Å²) in [4.78, 5) is 25.8. The minimum Gasteiger partial charge on any atom is -0.467 e. The molecule has 28 heavy (non-hydrogen) atoms. The molecule has 0 saturated carbocycles. The van der Waals surface area contributed by atoms with Crippen molar-refractivity contribution in [2.45, 2.75) is 19.5 Å². The van der Waals surface area contributed by atoms with E-state index in [0.29, 0.717) is 23.1 Å². The van der Waals surface area contributed by atoms with E-state index in [9.17, 15) is 9.59 Å². The molecule has 2 aromatic carbocycles. The third-order valence-electron chi connectivity index (χ3n) is 4.58. The summed E-state index contributed by atoms with van der Waals surface area (Å²) in [5.74, 6) is 0.289. The van der Waals surface area contributed by atoms with Crippen LogP contribution in [0.4, 0.5) is 0 Å². The molecule has 2 aromatic heterocycles. The molecule has 1 N–H and O–H groups in total. The van der Waals surface area contributed by atoms with Gasteiger partial charge in [-0.15, -0.1) is 0 Å². The van der Waals surface area contributed by atoms with Crippen molar-refractivity contribution in [1.82, 2.24) is 15.1 Å². The number of carbonyl (C=O) groups excluding carboxylic acids is 1. The summed E-state index contributed by atoms with van der Waals surface area (Å²) in [6.45, 7) is 2.12. The van der Waals surface area contributed by atoms with Gasteiger partial charge in [-0.05, 0) is 30.7 Å². The zero-order valence-corrected chi connectivity index (χ0v) is 15.3. The van der Waals surface area contributed by atoms with Gasteiger partial charge in [0.2, 0.25) is 0 Å². The predicted octanol–water partition coefficient (Wildman–Crippen LogP) is 3.53. The molecule has 0 aliphatic carbocycles. The van der Waals surface area contributed by atoms with Gasteiger partial charge in [-0.25, -0.2) is 4.68 Å². The number of nitrogens with one attached hydrogen (secondary N) is 1. The molecule has 4 aromatic rings. The van der Waals surface area contributed by atoms with Gasteiger partial charge in [0, 0.05) is 5.39 Å². The zero-order valence-electron chi connectivity index (χ0n) is 15.3. The highest BCUT2D eigenvalue weighted by atomic mass is 16.3. The predicted molar refractivity (Wildman–Crippen MR) is 106 cm³/mol. The maximum Gasteiger partial charge on any atom is 0.274 e. The Morgan fingerprint density at radius 2 is 1.75 bits per heavy atom. The Bertz CT molecular complexity index is 1160. The number of nitrogens with zero attached hydrogens (tertiary/aromatic N) is 2. The number of fused-ring (bicyclic) bond motifs is 1. The van der Waals surface area contributed by atoms with E-state index in [1.807, 2.05) is 37.3 Å². The number of aromatic nitrogens is 2. The maximum absolute atomic E-state index is 12.9. The number of amides is 1. The number of hydrogen-bond donors (Lipinski definition) is 1. The van der Waals surface area contributed by atoms with Gasteiger partial charge >= 0.3 is 0 Å². The molecule has 6 nitrogen and oxygen atoms in total. The lowest BCUT2D eigenvalue weighted by atomic mass is 10.1. The normalized spacial score (nSPS) is 12.0. The molecular formula is C22H19N3O3. The second-order valence-corrected chi connectivity index (χ2v) is 6.55. The van der Waals surface area contributed by atoms with Crippen LogP contribution in [0.15, 0.2) is 82.2 Å². The van der Waals surface area contributed by atoms with E-state index in [2.05, 4.69) is 10.4 Å². The fraction of sp³-hybridized carbons (Fsp3) is 0.136. The lowest BCUT2D eigenvalue weighted by Crippen LogP contribution is -2.32. The largest absolute Gasteiger partial charge is 0.467 e. The summed E-state index contributed by atoms with van der Waals surface area (Å²) in [7, 11) is 0. The van der Waals surface area contributed by atoms with Crippen LogP contribution in [-0.2, 0) is 6.54 Å². The van der Waals surface area contributed by atoms with E-state index < -0.39 is 0 Å². The molecule has 0 unspecified atom stereocenters. The molecule has 1 amide bonds. The fourth-order valence-electron chi connectivity index (χ4n) is 3.14. The molecule has 0 fully saturated rings. The molecule has 6 heteroatoms. The Morgan fingerprint density at radius 3 is 2.46 bits per heavy atom. The van der Waals surface area contributed by atoms with Crippen molar-refractivity contribution >= 4 is 16.7 Å². The smallest absolute Gasteiger partial charge is 0.274 e. The topological polar surface area (TPSA) is 77.1 Å². The number of benzene rings is 2. The molecule has 0 aliphatic heterocycles. The monoisotopic (exact) mass is 373 g/mol. The third-order valence-corrected chi connectivity index (χ3v) is 4.58. The lowest BCUT2D eigenvalue weighted by molar-refractivity contribution is 0.0930. The second kappa shape index (κ2) is 7.52. The summed E-state index contributed by atoms with van der Waals surface area (Å²) in [6.07, 6.45) is 1.56. The highest BCUT2D eigenvalue weighted by Crippen LogP contribution is 2.17. The van der Waals surface area contributed by atoms with Crippen molar-refractivity contribution in [2.75, 3.05) is 0 Å². The molecule has 0 saturated heterocycles. The van der Waals surface area contributed by atoms with Gasteiger partial charge in [0.15, 0.2) is 5.69 Å². The first-order valence-electron chi connectivity index (χ1n) is 9.01. The standard InChI is InChI=1S/C22H19N3O3/c1-15(19-12-7-13-28-19)23-21(26)20-17-10-5-6-11-18(17)22(27)25(24-20)14-16-8-3-2-4-9-16/h2-13,15H,14H2,1H3,(H,23,26)/t15-/m0/s1. The van der Waals surface area contributed by atoms with Crippen molar-refractivity contribution in [2.24, 2.45) is 0 Å². The van der Waals surface area contributed by atoms with Crippen LogP contribution in [0.25, 0.3) is 10.8 Å². The Labute approximate surface area is 161 Å². The zero-order chi connectivity index (χ0) is 19.5. The summed E-state index contributed by atoms with van der Waals surface area (Å²) >= 11 is 0.